The molecule has 1 aromatic rings. The van der Waals surface area contributed by atoms with Crippen molar-refractivity contribution in [3.8, 4) is 5.75 Å². The lowest BCUT2D eigenvalue weighted by molar-refractivity contribution is -0.0644. The summed E-state index contributed by atoms with van der Waals surface area (Å²) in [5, 5.41) is 0. The summed E-state index contributed by atoms with van der Waals surface area (Å²) in [5.41, 5.74) is 0.973. The van der Waals surface area contributed by atoms with Crippen LogP contribution in [0.5, 0.6) is 5.75 Å². The lowest BCUT2D eigenvalue weighted by Gasteiger charge is -2.38. The Balaban J connectivity index is 2.01. The van der Waals surface area contributed by atoms with Crippen molar-refractivity contribution in [3.05, 3.63) is 29.6 Å². The van der Waals surface area contributed by atoms with E-state index < -0.39 is 0 Å². The number of halogens is 1. The van der Waals surface area contributed by atoms with Crippen LogP contribution >= 0.6 is 0 Å². The minimum atomic E-state index is -0.258. The third kappa shape index (κ3) is 1.91. The Bertz CT molecular complexity index is 424. The molecule has 0 aliphatic carbocycles. The standard InChI is InChI=1S/C13H16FNO2/c1-15-5-7-17-13-10-3-2-9(14)8-12(10)16-6-4-11(13)15/h2-3,8,11,13H,4-7H2,1H3. The molecule has 3 nitrogen and oxygen atoms in total. The molecule has 0 amide bonds. The van der Waals surface area contributed by atoms with Gasteiger partial charge in [0.1, 0.15) is 17.7 Å². The minimum absolute atomic E-state index is 0.00634. The van der Waals surface area contributed by atoms with E-state index in [0.29, 0.717) is 25.0 Å². The average molecular weight is 237 g/mol. The smallest absolute Gasteiger partial charge is 0.128 e. The Labute approximate surface area is 100 Å². The van der Waals surface area contributed by atoms with Gasteiger partial charge in [-0.05, 0) is 25.6 Å². The van der Waals surface area contributed by atoms with Gasteiger partial charge in [-0.1, -0.05) is 0 Å². The molecule has 2 unspecified atom stereocenters. The first kappa shape index (κ1) is 11.0. The number of rotatable bonds is 0. The van der Waals surface area contributed by atoms with Crippen LogP contribution in [-0.2, 0) is 4.74 Å². The van der Waals surface area contributed by atoms with Crippen LogP contribution in [0.15, 0.2) is 18.2 Å². The van der Waals surface area contributed by atoms with Crippen molar-refractivity contribution in [3.63, 3.8) is 0 Å². The molecule has 1 aromatic carbocycles. The maximum absolute atomic E-state index is 13.2. The van der Waals surface area contributed by atoms with Crippen LogP contribution in [0.3, 0.4) is 0 Å². The molecule has 1 saturated heterocycles. The molecule has 0 radical (unpaired) electrons. The van der Waals surface area contributed by atoms with Crippen LogP contribution in [0.2, 0.25) is 0 Å². The minimum Gasteiger partial charge on any atom is -0.493 e. The molecule has 0 spiro atoms. The predicted octanol–water partition coefficient (Wildman–Crippen LogP) is 1.98. The van der Waals surface area contributed by atoms with Crippen LogP contribution in [-0.4, -0.2) is 37.7 Å². The quantitative estimate of drug-likeness (QED) is 0.688. The van der Waals surface area contributed by atoms with E-state index in [2.05, 4.69) is 11.9 Å². The molecular formula is C13H16FNO2. The molecular weight excluding hydrogens is 221 g/mol. The second-order valence-electron chi connectivity index (χ2n) is 4.66. The molecule has 0 N–H and O–H groups in total. The van der Waals surface area contributed by atoms with Gasteiger partial charge in [0.15, 0.2) is 0 Å². The summed E-state index contributed by atoms with van der Waals surface area (Å²) in [6.45, 7) is 2.28. The second-order valence-corrected chi connectivity index (χ2v) is 4.66. The number of nitrogens with zero attached hydrogens (tertiary/aromatic N) is 1. The fourth-order valence-corrected chi connectivity index (χ4v) is 2.66. The molecule has 92 valence electrons. The SMILES string of the molecule is CN1CCOC2c3ccc(F)cc3OCCC21. The van der Waals surface area contributed by atoms with E-state index in [0.717, 1.165) is 18.5 Å². The maximum Gasteiger partial charge on any atom is 0.128 e. The third-order valence-electron chi connectivity index (χ3n) is 3.61. The summed E-state index contributed by atoms with van der Waals surface area (Å²) >= 11 is 0. The lowest BCUT2D eigenvalue weighted by Crippen LogP contribution is -2.44. The summed E-state index contributed by atoms with van der Waals surface area (Å²) in [6.07, 6.45) is 0.920. The maximum atomic E-state index is 13.2. The predicted molar refractivity (Wildman–Crippen MR) is 61.6 cm³/mol. The van der Waals surface area contributed by atoms with Gasteiger partial charge in [0, 0.05) is 24.2 Å². The molecule has 17 heavy (non-hydrogen) atoms. The first-order chi connectivity index (χ1) is 8.25. The average Bonchev–Trinajstić information content (AvgIpc) is 2.49. The van der Waals surface area contributed by atoms with Gasteiger partial charge in [-0.3, -0.25) is 4.90 Å². The zero-order valence-electron chi connectivity index (χ0n) is 9.86. The highest BCUT2D eigenvalue weighted by atomic mass is 19.1. The number of hydrogen-bond donors (Lipinski definition) is 0. The van der Waals surface area contributed by atoms with Crippen LogP contribution < -0.4 is 4.74 Å². The Morgan fingerprint density at radius 3 is 3.12 bits per heavy atom. The summed E-state index contributed by atoms with van der Waals surface area (Å²) < 4.78 is 24.7. The number of morpholine rings is 1. The molecule has 4 heteroatoms. The molecule has 1 fully saturated rings. The van der Waals surface area contributed by atoms with E-state index in [1.165, 1.54) is 12.1 Å². The van der Waals surface area contributed by atoms with Crippen molar-refractivity contribution >= 4 is 0 Å². The topological polar surface area (TPSA) is 21.7 Å². The van der Waals surface area contributed by atoms with Crippen molar-refractivity contribution < 1.29 is 13.9 Å². The summed E-state index contributed by atoms with van der Waals surface area (Å²) in [6, 6.07) is 5.04. The monoisotopic (exact) mass is 237 g/mol. The van der Waals surface area contributed by atoms with Crippen molar-refractivity contribution in [1.82, 2.24) is 4.90 Å². The highest BCUT2D eigenvalue weighted by Crippen LogP contribution is 2.38. The third-order valence-corrected chi connectivity index (χ3v) is 3.61. The Kier molecular flexibility index (Phi) is 2.76. The van der Waals surface area contributed by atoms with E-state index in [1.54, 1.807) is 6.07 Å². The summed E-state index contributed by atoms with van der Waals surface area (Å²) in [7, 11) is 2.11. The van der Waals surface area contributed by atoms with Gasteiger partial charge in [0.05, 0.1) is 13.2 Å². The Morgan fingerprint density at radius 1 is 1.35 bits per heavy atom. The van der Waals surface area contributed by atoms with E-state index in [1.807, 2.05) is 0 Å². The molecule has 0 saturated carbocycles. The fourth-order valence-electron chi connectivity index (χ4n) is 2.66. The number of fused-ring (bicyclic) bond motifs is 3. The zero-order valence-corrected chi connectivity index (χ0v) is 9.86. The molecule has 2 aliphatic rings. The largest absolute Gasteiger partial charge is 0.493 e. The van der Waals surface area contributed by atoms with Crippen molar-refractivity contribution in [2.75, 3.05) is 26.8 Å². The van der Waals surface area contributed by atoms with E-state index in [-0.39, 0.29) is 11.9 Å². The van der Waals surface area contributed by atoms with Crippen molar-refractivity contribution in [2.24, 2.45) is 0 Å². The number of benzene rings is 1. The first-order valence-corrected chi connectivity index (χ1v) is 6.00. The van der Waals surface area contributed by atoms with E-state index in [9.17, 15) is 4.39 Å². The van der Waals surface area contributed by atoms with Crippen LogP contribution in [0, 0.1) is 5.82 Å². The van der Waals surface area contributed by atoms with Crippen molar-refractivity contribution in [1.29, 1.82) is 0 Å². The van der Waals surface area contributed by atoms with Gasteiger partial charge in [-0.25, -0.2) is 4.39 Å². The van der Waals surface area contributed by atoms with E-state index in [4.69, 9.17) is 9.47 Å². The molecule has 3 rings (SSSR count). The van der Waals surface area contributed by atoms with Crippen LogP contribution in [0.4, 0.5) is 4.39 Å². The fraction of sp³-hybridized carbons (Fsp3) is 0.538. The highest BCUT2D eigenvalue weighted by Gasteiger charge is 2.35. The Hall–Kier alpha value is -1.13. The van der Waals surface area contributed by atoms with Gasteiger partial charge in [0.2, 0.25) is 0 Å². The summed E-state index contributed by atoms with van der Waals surface area (Å²) in [4.78, 5) is 2.30. The lowest BCUT2D eigenvalue weighted by atomic mass is 9.97. The van der Waals surface area contributed by atoms with Crippen LogP contribution in [0.1, 0.15) is 18.1 Å². The van der Waals surface area contributed by atoms with Crippen molar-refractivity contribution in [2.45, 2.75) is 18.6 Å². The van der Waals surface area contributed by atoms with Gasteiger partial charge < -0.3 is 9.47 Å². The number of likely N-dealkylation sites (N-methyl/N-ethyl adjacent to an activating group) is 1. The highest BCUT2D eigenvalue weighted by molar-refractivity contribution is 5.37. The molecule has 2 aliphatic heterocycles. The molecule has 2 heterocycles. The number of hydrogen-bond acceptors (Lipinski definition) is 3. The van der Waals surface area contributed by atoms with Gasteiger partial charge in [-0.15, -0.1) is 0 Å². The number of ether oxygens (including phenoxy) is 2. The Morgan fingerprint density at radius 2 is 2.24 bits per heavy atom. The van der Waals surface area contributed by atoms with E-state index >= 15 is 0 Å². The molecule has 0 aromatic heterocycles. The molecule has 0 bridgehead atoms. The normalized spacial score (nSPS) is 28.8. The van der Waals surface area contributed by atoms with Gasteiger partial charge in [0.25, 0.3) is 0 Å². The van der Waals surface area contributed by atoms with Gasteiger partial charge in [-0.2, -0.15) is 0 Å². The first-order valence-electron chi connectivity index (χ1n) is 6.00. The molecule has 2 atom stereocenters. The zero-order chi connectivity index (χ0) is 11.8. The van der Waals surface area contributed by atoms with Crippen LogP contribution in [0.25, 0.3) is 0 Å². The summed E-state index contributed by atoms with van der Waals surface area (Å²) in [5.74, 6) is 0.374. The van der Waals surface area contributed by atoms with Gasteiger partial charge >= 0.3 is 0 Å². The second kappa shape index (κ2) is 4.27.